The fourth-order valence-electron chi connectivity index (χ4n) is 4.93. The van der Waals surface area contributed by atoms with Gasteiger partial charge < -0.3 is 19.3 Å². The molecule has 1 N–H and O–H groups in total. The molecule has 1 saturated heterocycles. The first kappa shape index (κ1) is 23.8. The molecule has 2 heterocycles. The highest BCUT2D eigenvalue weighted by atomic mass is 19.1. The van der Waals surface area contributed by atoms with Gasteiger partial charge in [0.25, 0.3) is 0 Å². The molecule has 1 aliphatic carbocycles. The fourth-order valence-corrected chi connectivity index (χ4v) is 4.93. The summed E-state index contributed by atoms with van der Waals surface area (Å²) in [6.45, 7) is 2.32. The number of rotatable bonds is 7. The van der Waals surface area contributed by atoms with Crippen molar-refractivity contribution in [1.29, 1.82) is 0 Å². The molecule has 1 aromatic heterocycles. The van der Waals surface area contributed by atoms with Gasteiger partial charge in [-0.15, -0.1) is 0 Å². The number of halogens is 1. The van der Waals surface area contributed by atoms with Crippen LogP contribution in [0.25, 0.3) is 11.4 Å². The van der Waals surface area contributed by atoms with Crippen molar-refractivity contribution in [2.24, 2.45) is 5.92 Å². The van der Waals surface area contributed by atoms with Gasteiger partial charge in [-0.25, -0.2) is 9.18 Å². The van der Waals surface area contributed by atoms with Gasteiger partial charge >= 0.3 is 6.03 Å². The number of fused-ring (bicyclic) bond motifs is 1. The van der Waals surface area contributed by atoms with Crippen LogP contribution >= 0.6 is 0 Å². The molecule has 1 aliphatic heterocycles. The summed E-state index contributed by atoms with van der Waals surface area (Å²) in [4.78, 5) is 31.6. The highest BCUT2D eigenvalue weighted by molar-refractivity contribution is 5.98. The number of methoxy groups -OCH3 is 1. The van der Waals surface area contributed by atoms with Crippen LogP contribution in [0.4, 0.5) is 9.18 Å². The minimum absolute atomic E-state index is 0.0942. The van der Waals surface area contributed by atoms with Crippen LogP contribution in [0.15, 0.2) is 47.0 Å². The Balaban J connectivity index is 1.28. The molecule has 0 bridgehead atoms. The van der Waals surface area contributed by atoms with E-state index in [2.05, 4.69) is 15.5 Å². The molecule has 3 aromatic rings. The van der Waals surface area contributed by atoms with E-state index in [4.69, 9.17) is 14.0 Å². The average molecular weight is 495 g/mol. The minimum Gasteiger partial charge on any atom is -0.493 e. The standard InChI is InChI=1S/C26H27FN4O5/c1-3-35-21-11-9-15(13-22(21)34-2)23-29-24(36-30-23)16-8-10-18-20(12-16)28-26(33)31(25(18)32)14-17-6-4-5-7-19(17)27/h4-7,9,11,13,16,18,20H,3,8,10,12,14H2,1-2H3,(H,28,33). The number of hydrogen-bond donors (Lipinski definition) is 1. The van der Waals surface area contributed by atoms with E-state index in [1.807, 2.05) is 13.0 Å². The molecule has 5 rings (SSSR count). The van der Waals surface area contributed by atoms with Crippen LogP contribution in [-0.4, -0.2) is 46.7 Å². The van der Waals surface area contributed by atoms with E-state index < -0.39 is 11.8 Å². The molecular weight excluding hydrogens is 467 g/mol. The van der Waals surface area contributed by atoms with Crippen LogP contribution in [-0.2, 0) is 11.3 Å². The molecule has 10 heteroatoms. The second-order valence-corrected chi connectivity index (χ2v) is 8.94. The molecule has 3 atom stereocenters. The summed E-state index contributed by atoms with van der Waals surface area (Å²) in [5.74, 6) is 0.906. The minimum atomic E-state index is -0.516. The third-order valence-corrected chi connectivity index (χ3v) is 6.79. The van der Waals surface area contributed by atoms with Crippen molar-refractivity contribution >= 4 is 11.9 Å². The van der Waals surface area contributed by atoms with Crippen molar-refractivity contribution in [3.05, 3.63) is 59.7 Å². The van der Waals surface area contributed by atoms with E-state index in [9.17, 15) is 14.0 Å². The third-order valence-electron chi connectivity index (χ3n) is 6.79. The lowest BCUT2D eigenvalue weighted by molar-refractivity contribution is -0.137. The number of nitrogens with zero attached hydrogens (tertiary/aromatic N) is 3. The molecular formula is C26H27FN4O5. The summed E-state index contributed by atoms with van der Waals surface area (Å²) in [7, 11) is 1.57. The number of urea groups is 1. The second kappa shape index (κ2) is 9.96. The van der Waals surface area contributed by atoms with Gasteiger partial charge in [0.1, 0.15) is 5.82 Å². The number of amides is 3. The van der Waals surface area contributed by atoms with E-state index in [0.717, 1.165) is 10.5 Å². The fraction of sp³-hybridized carbons (Fsp3) is 0.385. The van der Waals surface area contributed by atoms with E-state index in [-0.39, 0.29) is 30.3 Å². The predicted molar refractivity (Wildman–Crippen MR) is 127 cm³/mol. The smallest absolute Gasteiger partial charge is 0.324 e. The van der Waals surface area contributed by atoms with Crippen LogP contribution < -0.4 is 14.8 Å². The lowest BCUT2D eigenvalue weighted by Crippen LogP contribution is -2.61. The molecule has 9 nitrogen and oxygen atoms in total. The van der Waals surface area contributed by atoms with Crippen LogP contribution in [0.2, 0.25) is 0 Å². The van der Waals surface area contributed by atoms with Gasteiger partial charge in [-0.1, -0.05) is 23.4 Å². The maximum atomic E-state index is 14.1. The van der Waals surface area contributed by atoms with E-state index in [0.29, 0.717) is 54.6 Å². The zero-order chi connectivity index (χ0) is 25.2. The summed E-state index contributed by atoms with van der Waals surface area (Å²) < 4.78 is 30.6. The SMILES string of the molecule is CCOc1ccc(-c2noc(C3CCC4C(=O)N(Cc5ccccc5F)C(=O)NC4C3)n2)cc1OC. The van der Waals surface area contributed by atoms with E-state index in [1.54, 1.807) is 37.4 Å². The monoisotopic (exact) mass is 494 g/mol. The Hall–Kier alpha value is -3.95. The summed E-state index contributed by atoms with van der Waals surface area (Å²) in [5.41, 5.74) is 1.03. The molecule has 3 unspecified atom stereocenters. The van der Waals surface area contributed by atoms with Crippen molar-refractivity contribution in [2.45, 2.75) is 44.7 Å². The Kier molecular flexibility index (Phi) is 6.58. The molecule has 188 valence electrons. The summed E-state index contributed by atoms with van der Waals surface area (Å²) >= 11 is 0. The highest BCUT2D eigenvalue weighted by Crippen LogP contribution is 2.39. The zero-order valence-corrected chi connectivity index (χ0v) is 20.1. The maximum Gasteiger partial charge on any atom is 0.324 e. The average Bonchev–Trinajstić information content (AvgIpc) is 3.38. The van der Waals surface area contributed by atoms with Gasteiger partial charge in [0.2, 0.25) is 17.6 Å². The number of benzene rings is 2. The van der Waals surface area contributed by atoms with E-state index >= 15 is 0 Å². The van der Waals surface area contributed by atoms with Gasteiger partial charge in [0.15, 0.2) is 11.5 Å². The van der Waals surface area contributed by atoms with Gasteiger partial charge in [0, 0.05) is 23.1 Å². The van der Waals surface area contributed by atoms with Gasteiger partial charge in [0.05, 0.1) is 26.2 Å². The van der Waals surface area contributed by atoms with Crippen molar-refractivity contribution in [2.75, 3.05) is 13.7 Å². The number of hydrogen-bond acceptors (Lipinski definition) is 7. The molecule has 36 heavy (non-hydrogen) atoms. The number of carbonyl (C=O) groups excluding carboxylic acids is 2. The van der Waals surface area contributed by atoms with Crippen molar-refractivity contribution in [3.8, 4) is 22.9 Å². The molecule has 0 radical (unpaired) electrons. The van der Waals surface area contributed by atoms with Gasteiger partial charge in [-0.2, -0.15) is 4.98 Å². The lowest BCUT2D eigenvalue weighted by atomic mass is 9.76. The second-order valence-electron chi connectivity index (χ2n) is 8.94. The quantitative estimate of drug-likeness (QED) is 0.522. The van der Waals surface area contributed by atoms with Crippen molar-refractivity contribution < 1.29 is 28.0 Å². The zero-order valence-electron chi connectivity index (χ0n) is 20.1. The van der Waals surface area contributed by atoms with Crippen LogP contribution in [0, 0.1) is 11.7 Å². The first-order chi connectivity index (χ1) is 17.5. The summed E-state index contributed by atoms with van der Waals surface area (Å²) in [6.07, 6.45) is 1.71. The predicted octanol–water partition coefficient (Wildman–Crippen LogP) is 4.29. The third kappa shape index (κ3) is 4.50. The van der Waals surface area contributed by atoms with Crippen LogP contribution in [0.5, 0.6) is 11.5 Å². The largest absolute Gasteiger partial charge is 0.493 e. The Bertz CT molecular complexity index is 1280. The molecule has 3 amide bonds. The number of imide groups is 1. The number of nitrogens with one attached hydrogen (secondary N) is 1. The molecule has 1 saturated carbocycles. The number of aromatic nitrogens is 2. The van der Waals surface area contributed by atoms with Gasteiger partial charge in [-0.3, -0.25) is 9.69 Å². The first-order valence-corrected chi connectivity index (χ1v) is 12.0. The molecule has 2 aliphatic rings. The normalized spacial score (nSPS) is 21.6. The Morgan fingerprint density at radius 3 is 2.78 bits per heavy atom. The summed E-state index contributed by atoms with van der Waals surface area (Å²) in [6, 6.07) is 10.7. The Morgan fingerprint density at radius 1 is 1.17 bits per heavy atom. The lowest BCUT2D eigenvalue weighted by Gasteiger charge is -2.41. The van der Waals surface area contributed by atoms with Crippen LogP contribution in [0.3, 0.4) is 0 Å². The Morgan fingerprint density at radius 2 is 2.00 bits per heavy atom. The van der Waals surface area contributed by atoms with E-state index in [1.165, 1.54) is 6.07 Å². The number of carbonyl (C=O) groups is 2. The summed E-state index contributed by atoms with van der Waals surface area (Å²) in [5, 5.41) is 7.07. The first-order valence-electron chi connectivity index (χ1n) is 12.0. The highest BCUT2D eigenvalue weighted by Gasteiger charge is 2.45. The van der Waals surface area contributed by atoms with Crippen molar-refractivity contribution in [1.82, 2.24) is 20.4 Å². The Labute approximate surface area is 207 Å². The number of ether oxygens (including phenoxy) is 2. The molecule has 0 spiro atoms. The maximum absolute atomic E-state index is 14.1. The van der Waals surface area contributed by atoms with Crippen molar-refractivity contribution in [3.63, 3.8) is 0 Å². The van der Waals surface area contributed by atoms with Crippen LogP contribution in [0.1, 0.15) is 43.6 Å². The topological polar surface area (TPSA) is 107 Å². The molecule has 2 aromatic carbocycles. The van der Waals surface area contributed by atoms with Gasteiger partial charge in [-0.05, 0) is 50.5 Å². The molecule has 2 fully saturated rings.